The number of amides is 2. The Morgan fingerprint density at radius 2 is 1.76 bits per heavy atom. The number of nitrogens with zero attached hydrogens (tertiary/aromatic N) is 2. The molecule has 2 aliphatic rings. The summed E-state index contributed by atoms with van der Waals surface area (Å²) in [5, 5.41) is 40.8. The summed E-state index contributed by atoms with van der Waals surface area (Å²) in [6.07, 6.45) is -7.48. The molecule has 3 heterocycles. The van der Waals surface area contributed by atoms with Crippen LogP contribution in [0.25, 0.3) is 11.0 Å². The number of hydrogen-bond acceptors (Lipinski definition) is 11. The van der Waals surface area contributed by atoms with E-state index in [2.05, 4.69) is 10.3 Å². The molecule has 0 spiro atoms. The van der Waals surface area contributed by atoms with Crippen LogP contribution in [0.4, 0.5) is 4.79 Å². The molecule has 2 saturated heterocycles. The quantitative estimate of drug-likeness (QED) is 0.282. The third-order valence-electron chi connectivity index (χ3n) is 6.22. The number of imidazole rings is 1. The van der Waals surface area contributed by atoms with Gasteiger partial charge in [-0.25, -0.2) is 4.98 Å². The van der Waals surface area contributed by atoms with Gasteiger partial charge in [0, 0.05) is 13.1 Å². The molecule has 2 fully saturated rings. The molecule has 2 aliphatic heterocycles. The summed E-state index contributed by atoms with van der Waals surface area (Å²) in [5.74, 6) is 1.27. The van der Waals surface area contributed by atoms with Gasteiger partial charge in [-0.3, -0.25) is 14.9 Å². The van der Waals surface area contributed by atoms with Crippen molar-refractivity contribution < 1.29 is 44.2 Å². The van der Waals surface area contributed by atoms with Crippen molar-refractivity contribution in [2.24, 2.45) is 7.05 Å². The van der Waals surface area contributed by atoms with E-state index in [0.29, 0.717) is 34.8 Å². The van der Waals surface area contributed by atoms with Crippen molar-refractivity contribution in [2.75, 3.05) is 0 Å². The van der Waals surface area contributed by atoms with Crippen molar-refractivity contribution in [1.82, 2.24) is 14.9 Å². The van der Waals surface area contributed by atoms with E-state index in [0.717, 1.165) is 17.3 Å². The fraction of sp³-hybridized carbons (Fsp3) is 0.375. The first-order valence-electron chi connectivity index (χ1n) is 11.4. The van der Waals surface area contributed by atoms with Crippen LogP contribution in [0.3, 0.4) is 0 Å². The maximum absolute atomic E-state index is 11.8. The van der Waals surface area contributed by atoms with Crippen LogP contribution >= 0.6 is 11.8 Å². The highest BCUT2D eigenvalue weighted by atomic mass is 32.2. The number of aromatic nitrogens is 2. The fourth-order valence-electron chi connectivity index (χ4n) is 4.10. The summed E-state index contributed by atoms with van der Waals surface area (Å²) >= 11 is 0.992. The van der Waals surface area contributed by atoms with Crippen molar-refractivity contribution in [1.29, 1.82) is 0 Å². The van der Waals surface area contributed by atoms with Gasteiger partial charge in [0.2, 0.25) is 12.2 Å². The molecule has 37 heavy (non-hydrogen) atoms. The summed E-state index contributed by atoms with van der Waals surface area (Å²) in [5.41, 5.74) is 2.29. The van der Waals surface area contributed by atoms with E-state index in [-0.39, 0.29) is 17.8 Å². The van der Waals surface area contributed by atoms with Crippen molar-refractivity contribution >= 4 is 33.9 Å². The lowest BCUT2D eigenvalue weighted by atomic mass is 10.0. The van der Waals surface area contributed by atoms with E-state index in [1.165, 1.54) is 0 Å². The van der Waals surface area contributed by atoms with Crippen LogP contribution in [0.1, 0.15) is 11.4 Å². The number of aryl methyl sites for hydroxylation is 1. The Kier molecular flexibility index (Phi) is 7.07. The Bertz CT molecular complexity index is 1310. The molecule has 3 aromatic rings. The highest BCUT2D eigenvalue weighted by Crippen LogP contribution is 2.27. The highest BCUT2D eigenvalue weighted by molar-refractivity contribution is 8.15. The number of nitrogens with one attached hydrogen (secondary N) is 1. The average molecular weight is 532 g/mol. The standard InChI is InChI=1S/C24H25N3O9S/c1-27-15-9-13(35-23-20(30)18(28)19(29)22(32)36-23)6-7-14(15)25-17(27)10-34-12-4-2-11(3-5-12)8-16-21(31)26-24(33)37-16/h2-7,9,16,18-20,22-23,28-30,32H,8,10H2,1H3,(H,26,31,33)/t16?,18-,19+,20?,22?,23-/m1/s1. The highest BCUT2D eigenvalue weighted by Gasteiger charge is 2.44. The monoisotopic (exact) mass is 531 g/mol. The molecule has 196 valence electrons. The number of ether oxygens (including phenoxy) is 3. The summed E-state index contributed by atoms with van der Waals surface area (Å²) in [6, 6.07) is 12.3. The van der Waals surface area contributed by atoms with E-state index >= 15 is 0 Å². The third kappa shape index (κ3) is 5.28. The van der Waals surface area contributed by atoms with Gasteiger partial charge in [0.05, 0.1) is 16.3 Å². The molecule has 0 aliphatic carbocycles. The molecule has 2 aromatic carbocycles. The number of rotatable bonds is 7. The zero-order valence-corrected chi connectivity index (χ0v) is 20.4. The lowest BCUT2D eigenvalue weighted by Crippen LogP contribution is -2.59. The SMILES string of the molecule is Cn1c(COc2ccc(CC3SC(=O)NC3=O)cc2)nc2ccc(O[C@@H]3OC(O)[C@@H](O)[C@@H](O)C3O)cc21. The predicted molar refractivity (Wildman–Crippen MR) is 130 cm³/mol. The first-order chi connectivity index (χ1) is 17.7. The van der Waals surface area contributed by atoms with Crippen LogP contribution in [0, 0.1) is 0 Å². The summed E-state index contributed by atoms with van der Waals surface area (Å²) < 4.78 is 18.4. The molecule has 1 aromatic heterocycles. The average Bonchev–Trinajstić information content (AvgIpc) is 3.37. The number of hydrogen-bond donors (Lipinski definition) is 5. The zero-order chi connectivity index (χ0) is 26.3. The number of benzene rings is 2. The van der Waals surface area contributed by atoms with Crippen LogP contribution < -0.4 is 14.8 Å². The fourth-order valence-corrected chi connectivity index (χ4v) is 4.95. The number of imide groups is 1. The smallest absolute Gasteiger partial charge is 0.286 e. The number of aliphatic hydroxyl groups is 4. The molecular weight excluding hydrogens is 506 g/mol. The Hall–Kier alpha value is -3.20. The van der Waals surface area contributed by atoms with Gasteiger partial charge in [0.25, 0.3) is 5.24 Å². The minimum absolute atomic E-state index is 0.177. The number of carbonyl (C=O) groups excluding carboxylic acids is 2. The summed E-state index contributed by atoms with van der Waals surface area (Å²) in [7, 11) is 1.81. The molecule has 2 amide bonds. The maximum Gasteiger partial charge on any atom is 0.286 e. The van der Waals surface area contributed by atoms with E-state index in [1.807, 2.05) is 23.7 Å². The van der Waals surface area contributed by atoms with Gasteiger partial charge in [-0.05, 0) is 36.2 Å². The molecule has 0 bridgehead atoms. The van der Waals surface area contributed by atoms with E-state index in [1.54, 1.807) is 30.3 Å². The molecule has 12 nitrogen and oxygen atoms in total. The second-order valence-corrected chi connectivity index (χ2v) is 9.92. The van der Waals surface area contributed by atoms with Crippen LogP contribution in [0.2, 0.25) is 0 Å². The van der Waals surface area contributed by atoms with Gasteiger partial charge in [0.15, 0.2) is 6.29 Å². The number of thioether (sulfide) groups is 1. The molecular formula is C24H25N3O9S. The number of fused-ring (bicyclic) bond motifs is 1. The molecule has 3 unspecified atom stereocenters. The van der Waals surface area contributed by atoms with Gasteiger partial charge < -0.3 is 39.2 Å². The topological polar surface area (TPSA) is 173 Å². The Labute approximate surface area is 214 Å². The van der Waals surface area contributed by atoms with E-state index in [4.69, 9.17) is 14.2 Å². The van der Waals surface area contributed by atoms with E-state index < -0.39 is 36.1 Å². The minimum Gasteiger partial charge on any atom is -0.486 e. The van der Waals surface area contributed by atoms with Gasteiger partial charge >= 0.3 is 0 Å². The Morgan fingerprint density at radius 3 is 2.46 bits per heavy atom. The molecule has 5 N–H and O–H groups in total. The second-order valence-electron chi connectivity index (χ2n) is 8.74. The van der Waals surface area contributed by atoms with Gasteiger partial charge in [-0.15, -0.1) is 0 Å². The van der Waals surface area contributed by atoms with Crippen LogP contribution in [0.15, 0.2) is 42.5 Å². The van der Waals surface area contributed by atoms with Gasteiger partial charge in [-0.2, -0.15) is 0 Å². The maximum atomic E-state index is 11.8. The van der Waals surface area contributed by atoms with Gasteiger partial charge in [0.1, 0.15) is 42.2 Å². The van der Waals surface area contributed by atoms with Crippen LogP contribution in [-0.2, 0) is 29.6 Å². The minimum atomic E-state index is -1.70. The van der Waals surface area contributed by atoms with Crippen molar-refractivity contribution in [3.05, 3.63) is 53.9 Å². The van der Waals surface area contributed by atoms with Crippen molar-refractivity contribution in [3.8, 4) is 11.5 Å². The first-order valence-corrected chi connectivity index (χ1v) is 12.3. The normalized spacial score (nSPS) is 27.9. The number of aliphatic hydroxyl groups excluding tert-OH is 4. The van der Waals surface area contributed by atoms with Crippen LogP contribution in [0.5, 0.6) is 11.5 Å². The largest absolute Gasteiger partial charge is 0.486 e. The molecule has 0 saturated carbocycles. The molecule has 13 heteroatoms. The molecule has 5 rings (SSSR count). The summed E-state index contributed by atoms with van der Waals surface area (Å²) in [6.45, 7) is 0.177. The zero-order valence-electron chi connectivity index (χ0n) is 19.6. The van der Waals surface area contributed by atoms with Crippen LogP contribution in [-0.4, -0.2) is 77.3 Å². The van der Waals surface area contributed by atoms with Crippen molar-refractivity contribution in [2.45, 2.75) is 49.2 Å². The van der Waals surface area contributed by atoms with Gasteiger partial charge in [-0.1, -0.05) is 23.9 Å². The predicted octanol–water partition coefficient (Wildman–Crippen LogP) is 0.183. The first kappa shape index (κ1) is 25.4. The van der Waals surface area contributed by atoms with E-state index in [9.17, 15) is 30.0 Å². The molecule has 6 atom stereocenters. The summed E-state index contributed by atoms with van der Waals surface area (Å²) in [4.78, 5) is 27.7. The lowest BCUT2D eigenvalue weighted by Gasteiger charge is -2.37. The second kappa shape index (κ2) is 10.3. The third-order valence-corrected chi connectivity index (χ3v) is 7.20. The van der Waals surface area contributed by atoms with Crippen molar-refractivity contribution in [3.63, 3.8) is 0 Å². The number of carbonyl (C=O) groups is 2. The Balaban J connectivity index is 1.22. The lowest BCUT2D eigenvalue weighted by molar-refractivity contribution is -0.321. The Morgan fingerprint density at radius 1 is 1.03 bits per heavy atom. The molecule has 0 radical (unpaired) electrons.